The van der Waals surface area contributed by atoms with Gasteiger partial charge in [-0.05, 0) is 50.4 Å². The molecule has 1 fully saturated rings. The lowest BCUT2D eigenvalue weighted by Crippen LogP contribution is -2.38. The maximum Gasteiger partial charge on any atom is 0.0449 e. The van der Waals surface area contributed by atoms with Gasteiger partial charge in [0.05, 0.1) is 0 Å². The Kier molecular flexibility index (Phi) is 6.72. The Bertz CT molecular complexity index is 393. The van der Waals surface area contributed by atoms with Crippen LogP contribution >= 0.6 is 0 Å². The summed E-state index contributed by atoms with van der Waals surface area (Å²) in [6, 6.07) is 10.5. The van der Waals surface area contributed by atoms with Crippen LogP contribution in [0.25, 0.3) is 0 Å². The number of aryl methyl sites for hydroxylation is 1. The fraction of sp³-hybridized carbons (Fsp3) is 0.684. The zero-order chi connectivity index (χ0) is 15.1. The van der Waals surface area contributed by atoms with E-state index < -0.39 is 0 Å². The summed E-state index contributed by atoms with van der Waals surface area (Å²) in [5, 5.41) is 3.74. The second kappa shape index (κ2) is 8.55. The van der Waals surface area contributed by atoms with Gasteiger partial charge < -0.3 is 10.2 Å². The SMILES string of the molecule is CCCNC(CN(C)C1CCCC1)c1ccc(CC)cc1. The first kappa shape index (κ1) is 16.5. The van der Waals surface area contributed by atoms with Crippen molar-refractivity contribution < 1.29 is 0 Å². The molecule has 2 nitrogen and oxygen atoms in total. The lowest BCUT2D eigenvalue weighted by Gasteiger charge is -2.30. The van der Waals surface area contributed by atoms with Crippen molar-refractivity contribution in [3.8, 4) is 0 Å². The van der Waals surface area contributed by atoms with Gasteiger partial charge in [-0.3, -0.25) is 0 Å². The minimum Gasteiger partial charge on any atom is -0.309 e. The van der Waals surface area contributed by atoms with Crippen molar-refractivity contribution in [3.05, 3.63) is 35.4 Å². The Hall–Kier alpha value is -0.860. The van der Waals surface area contributed by atoms with Crippen LogP contribution in [0.5, 0.6) is 0 Å². The standard InChI is InChI=1S/C19H32N2/c1-4-14-20-19(15-21(3)18-8-6-7-9-18)17-12-10-16(5-2)11-13-17/h10-13,18-20H,4-9,14-15H2,1-3H3. The van der Waals surface area contributed by atoms with Crippen LogP contribution in [0.1, 0.15) is 63.1 Å². The van der Waals surface area contributed by atoms with Crippen molar-refractivity contribution in [1.29, 1.82) is 0 Å². The minimum absolute atomic E-state index is 0.460. The van der Waals surface area contributed by atoms with E-state index in [0.29, 0.717) is 6.04 Å². The molecule has 21 heavy (non-hydrogen) atoms. The van der Waals surface area contributed by atoms with E-state index in [2.05, 4.69) is 55.4 Å². The van der Waals surface area contributed by atoms with Crippen molar-refractivity contribution in [3.63, 3.8) is 0 Å². The van der Waals surface area contributed by atoms with Gasteiger partial charge in [-0.2, -0.15) is 0 Å². The molecule has 1 atom stereocenters. The van der Waals surface area contributed by atoms with Crippen molar-refractivity contribution >= 4 is 0 Å². The summed E-state index contributed by atoms with van der Waals surface area (Å²) in [5.41, 5.74) is 2.86. The summed E-state index contributed by atoms with van der Waals surface area (Å²) >= 11 is 0. The van der Waals surface area contributed by atoms with Crippen LogP contribution < -0.4 is 5.32 Å². The quantitative estimate of drug-likeness (QED) is 0.772. The lowest BCUT2D eigenvalue weighted by atomic mass is 10.0. The first-order chi connectivity index (χ1) is 10.2. The van der Waals surface area contributed by atoms with Gasteiger partial charge in [-0.15, -0.1) is 0 Å². The van der Waals surface area contributed by atoms with Crippen molar-refractivity contribution in [1.82, 2.24) is 10.2 Å². The van der Waals surface area contributed by atoms with Crippen LogP contribution in [-0.4, -0.2) is 31.1 Å². The van der Waals surface area contributed by atoms with E-state index in [9.17, 15) is 0 Å². The maximum absolute atomic E-state index is 3.74. The van der Waals surface area contributed by atoms with Crippen LogP contribution in [0, 0.1) is 0 Å². The van der Waals surface area contributed by atoms with E-state index in [0.717, 1.165) is 25.6 Å². The van der Waals surface area contributed by atoms with Crippen molar-refractivity contribution in [2.75, 3.05) is 20.1 Å². The highest BCUT2D eigenvalue weighted by Gasteiger charge is 2.22. The van der Waals surface area contributed by atoms with E-state index in [1.807, 2.05) is 0 Å². The minimum atomic E-state index is 0.460. The smallest absolute Gasteiger partial charge is 0.0449 e. The maximum atomic E-state index is 3.74. The fourth-order valence-electron chi connectivity index (χ4n) is 3.37. The molecule has 0 bridgehead atoms. The molecule has 0 amide bonds. The normalized spacial score (nSPS) is 17.5. The van der Waals surface area contributed by atoms with Gasteiger partial charge in [-0.25, -0.2) is 0 Å². The first-order valence-corrected chi connectivity index (χ1v) is 8.77. The Morgan fingerprint density at radius 3 is 2.38 bits per heavy atom. The topological polar surface area (TPSA) is 15.3 Å². The molecular weight excluding hydrogens is 256 g/mol. The lowest BCUT2D eigenvalue weighted by molar-refractivity contribution is 0.219. The molecule has 1 aliphatic carbocycles. The van der Waals surface area contributed by atoms with Crippen molar-refractivity contribution in [2.45, 2.75) is 64.5 Å². The highest BCUT2D eigenvalue weighted by Crippen LogP contribution is 2.24. The molecule has 1 aromatic carbocycles. The van der Waals surface area contributed by atoms with Gasteiger partial charge >= 0.3 is 0 Å². The number of likely N-dealkylation sites (N-methyl/N-ethyl adjacent to an activating group) is 1. The Labute approximate surface area is 130 Å². The van der Waals surface area contributed by atoms with Gasteiger partial charge in [0.2, 0.25) is 0 Å². The highest BCUT2D eigenvalue weighted by molar-refractivity contribution is 5.25. The third-order valence-corrected chi connectivity index (χ3v) is 4.85. The third-order valence-electron chi connectivity index (χ3n) is 4.85. The summed E-state index contributed by atoms with van der Waals surface area (Å²) in [6.45, 7) is 6.68. The summed E-state index contributed by atoms with van der Waals surface area (Å²) in [7, 11) is 2.30. The first-order valence-electron chi connectivity index (χ1n) is 8.77. The predicted octanol–water partition coefficient (Wildman–Crippen LogP) is 4.16. The second-order valence-electron chi connectivity index (χ2n) is 6.48. The number of nitrogens with one attached hydrogen (secondary N) is 1. The number of hydrogen-bond donors (Lipinski definition) is 1. The monoisotopic (exact) mass is 288 g/mol. The summed E-state index contributed by atoms with van der Waals surface area (Å²) in [4.78, 5) is 2.58. The number of hydrogen-bond acceptors (Lipinski definition) is 2. The largest absolute Gasteiger partial charge is 0.309 e. The van der Waals surface area contributed by atoms with Gasteiger partial charge in [0.25, 0.3) is 0 Å². The van der Waals surface area contributed by atoms with E-state index in [1.54, 1.807) is 0 Å². The molecule has 1 N–H and O–H groups in total. The molecule has 0 spiro atoms. The summed E-state index contributed by atoms with van der Waals surface area (Å²) in [6.07, 6.45) is 7.89. The molecule has 0 radical (unpaired) electrons. The van der Waals surface area contributed by atoms with E-state index in [1.165, 1.54) is 43.2 Å². The zero-order valence-electron chi connectivity index (χ0n) is 14.1. The molecular formula is C19H32N2. The average Bonchev–Trinajstić information content (AvgIpc) is 3.06. The molecule has 1 unspecified atom stereocenters. The molecule has 1 aromatic rings. The van der Waals surface area contributed by atoms with E-state index >= 15 is 0 Å². The zero-order valence-corrected chi connectivity index (χ0v) is 14.1. The molecule has 0 heterocycles. The molecule has 2 rings (SSSR count). The van der Waals surface area contributed by atoms with Gasteiger partial charge in [0.15, 0.2) is 0 Å². The summed E-state index contributed by atoms with van der Waals surface area (Å²) < 4.78 is 0. The average molecular weight is 288 g/mol. The molecule has 0 aliphatic heterocycles. The molecule has 1 saturated carbocycles. The molecule has 2 heteroatoms. The van der Waals surface area contributed by atoms with Crippen LogP contribution in [0.15, 0.2) is 24.3 Å². The fourth-order valence-corrected chi connectivity index (χ4v) is 3.37. The predicted molar refractivity (Wildman–Crippen MR) is 91.7 cm³/mol. The Morgan fingerprint density at radius 2 is 1.81 bits per heavy atom. The summed E-state index contributed by atoms with van der Waals surface area (Å²) in [5.74, 6) is 0. The van der Waals surface area contributed by atoms with Crippen LogP contribution in [0.2, 0.25) is 0 Å². The third kappa shape index (κ3) is 4.82. The Balaban J connectivity index is 2.01. The van der Waals surface area contributed by atoms with Crippen LogP contribution in [0.3, 0.4) is 0 Å². The van der Waals surface area contributed by atoms with Crippen LogP contribution in [0.4, 0.5) is 0 Å². The number of rotatable bonds is 8. The molecule has 1 aliphatic rings. The second-order valence-corrected chi connectivity index (χ2v) is 6.48. The van der Waals surface area contributed by atoms with E-state index in [-0.39, 0.29) is 0 Å². The highest BCUT2D eigenvalue weighted by atomic mass is 15.2. The van der Waals surface area contributed by atoms with Crippen molar-refractivity contribution in [2.24, 2.45) is 0 Å². The Morgan fingerprint density at radius 1 is 1.14 bits per heavy atom. The van der Waals surface area contributed by atoms with Gasteiger partial charge in [0.1, 0.15) is 0 Å². The molecule has 0 aromatic heterocycles. The van der Waals surface area contributed by atoms with Gasteiger partial charge in [0, 0.05) is 18.6 Å². The number of benzene rings is 1. The van der Waals surface area contributed by atoms with Crippen LogP contribution in [-0.2, 0) is 6.42 Å². The number of nitrogens with zero attached hydrogens (tertiary/aromatic N) is 1. The molecule has 118 valence electrons. The molecule has 0 saturated heterocycles. The van der Waals surface area contributed by atoms with Gasteiger partial charge in [-0.1, -0.05) is 51.0 Å². The van der Waals surface area contributed by atoms with E-state index in [4.69, 9.17) is 0 Å².